The van der Waals surface area contributed by atoms with Gasteiger partial charge in [0.05, 0.1) is 66.3 Å². The Labute approximate surface area is 600 Å². The number of methoxy groups -OCH3 is 2. The molecule has 6 heterocycles. The van der Waals surface area contributed by atoms with Gasteiger partial charge in [-0.2, -0.15) is 30.7 Å². The molecule has 3 aliphatic heterocycles. The Morgan fingerprint density at radius 3 is 1.09 bits per heavy atom. The third-order valence-electron chi connectivity index (χ3n) is 19.6. The van der Waals surface area contributed by atoms with Crippen LogP contribution in [-0.4, -0.2) is 139 Å². The van der Waals surface area contributed by atoms with Crippen LogP contribution >= 0.6 is 0 Å². The van der Waals surface area contributed by atoms with Gasteiger partial charge in [0.15, 0.2) is 0 Å². The Hall–Kier alpha value is -11.6. The van der Waals surface area contributed by atoms with Crippen molar-refractivity contribution in [2.45, 2.75) is 129 Å². The van der Waals surface area contributed by atoms with Crippen LogP contribution in [0.4, 0.5) is 0 Å². The Morgan fingerprint density at radius 2 is 0.798 bits per heavy atom. The minimum Gasteiger partial charge on any atom is -0.490 e. The summed E-state index contributed by atoms with van der Waals surface area (Å²) in [6.07, 6.45) is 4.21. The van der Waals surface area contributed by atoms with Gasteiger partial charge < -0.3 is 57.1 Å². The standard InChI is InChI=1S/C27H26N4O5.2C26H26N4O4/c1-15(2)35-22-9-8-16(11-18(22)14-28)27-29-26(30-36-27)20-6-3-5-19-21(20)12-17-13-23(32)31(25(17)19)10-4-7-24(33)34;2*1-15(2)33-22-8-7-16(11-18(22)14-27)26-28-25(29-34-26)20-6-4-5-19-21(20)12-17-13-23(31)30(24(17)19)9-10-32-3/h3,5-6,8-9,11,15,17,25H,4,7,10,12-13H2,1-2H3,(H,33,34);2*4-8,11,15,17,24H,9-10,12-13H2,1-3H3/t17-,25+;2*17-,24+/m010/s1. The molecule has 1 N–H and O–H groups in total. The van der Waals surface area contributed by atoms with Crippen LogP contribution in [0.2, 0.25) is 0 Å². The quantitative estimate of drug-likeness (QED) is 0.0658. The minimum absolute atomic E-state index is 0.0339. The first kappa shape index (κ1) is 70.8. The third-order valence-corrected chi connectivity index (χ3v) is 19.6. The largest absolute Gasteiger partial charge is 0.490 e. The van der Waals surface area contributed by atoms with E-state index in [-0.39, 0.29) is 78.3 Å². The fourth-order valence-corrected chi connectivity index (χ4v) is 15.4. The number of benzene rings is 6. The van der Waals surface area contributed by atoms with E-state index in [4.69, 9.17) is 42.4 Å². The van der Waals surface area contributed by atoms with E-state index in [1.54, 1.807) is 56.7 Å². The summed E-state index contributed by atoms with van der Waals surface area (Å²) in [5.41, 5.74) is 12.6. The summed E-state index contributed by atoms with van der Waals surface area (Å²) >= 11 is 0. The molecule has 25 heteroatoms. The molecule has 0 radical (unpaired) electrons. The summed E-state index contributed by atoms with van der Waals surface area (Å²) in [4.78, 5) is 68.3. The predicted octanol–water partition coefficient (Wildman–Crippen LogP) is 12.7. The van der Waals surface area contributed by atoms with Gasteiger partial charge in [-0.25, -0.2) is 0 Å². The number of aliphatic carboxylic acids is 1. The molecule has 3 fully saturated rings. The summed E-state index contributed by atoms with van der Waals surface area (Å²) in [5.74, 6) is 4.24. The monoisotopic (exact) mass is 1400 g/mol. The predicted molar refractivity (Wildman–Crippen MR) is 376 cm³/mol. The summed E-state index contributed by atoms with van der Waals surface area (Å²) < 4.78 is 44.2. The first-order chi connectivity index (χ1) is 50.3. The number of nitrogens with zero attached hydrogens (tertiary/aromatic N) is 12. The van der Waals surface area contributed by atoms with Crippen LogP contribution in [0.5, 0.6) is 17.2 Å². The lowest BCUT2D eigenvalue weighted by Gasteiger charge is -2.25. The third kappa shape index (κ3) is 14.4. The SMILES string of the molecule is CC(C)Oc1ccc(-c2nc(-c3cccc4c3C[C@H]3CC(=O)N(CCCC(=O)O)[C@@H]43)no2)cc1C#N.COCCN1C(=O)C[C@@H]2Cc3c(-c4noc(-c5ccc(OC(C)C)c(C#N)c5)n4)cccc3[C@@H]21.COCCN1C(=O)C[C@H]2Cc3c(-c4noc(-c5ccc(OC(C)C)c(C#N)c5)n4)cccc3[C@H]21. The van der Waals surface area contributed by atoms with Crippen molar-refractivity contribution in [2.75, 3.05) is 47.1 Å². The van der Waals surface area contributed by atoms with Gasteiger partial charge in [0, 0.05) is 92.9 Å². The molecule has 104 heavy (non-hydrogen) atoms. The van der Waals surface area contributed by atoms with Crippen LogP contribution < -0.4 is 14.2 Å². The van der Waals surface area contributed by atoms with Crippen molar-refractivity contribution in [1.82, 2.24) is 45.1 Å². The van der Waals surface area contributed by atoms with Crippen molar-refractivity contribution in [3.63, 3.8) is 0 Å². The number of hydrogen-bond donors (Lipinski definition) is 1. The van der Waals surface area contributed by atoms with Crippen molar-refractivity contribution in [1.29, 1.82) is 15.8 Å². The molecule has 532 valence electrons. The number of carboxylic acids is 1. The highest BCUT2D eigenvalue weighted by Crippen LogP contribution is 2.52. The second kappa shape index (κ2) is 30.5. The summed E-state index contributed by atoms with van der Waals surface area (Å²) in [7, 11) is 3.30. The van der Waals surface area contributed by atoms with Crippen molar-refractivity contribution >= 4 is 23.7 Å². The number of fused-ring (bicyclic) bond motifs is 9. The Kier molecular flexibility index (Phi) is 20.8. The number of amides is 3. The van der Waals surface area contributed by atoms with Gasteiger partial charge in [0.25, 0.3) is 17.7 Å². The molecule has 6 aromatic carbocycles. The fourth-order valence-electron chi connectivity index (χ4n) is 15.4. The maximum Gasteiger partial charge on any atom is 0.303 e. The number of aromatic nitrogens is 6. The van der Waals surface area contributed by atoms with E-state index >= 15 is 0 Å². The summed E-state index contributed by atoms with van der Waals surface area (Å²) in [6, 6.07) is 40.4. The number of nitriles is 3. The van der Waals surface area contributed by atoms with Crippen molar-refractivity contribution < 1.29 is 61.5 Å². The topological polar surface area (TPSA) is 333 Å². The lowest BCUT2D eigenvalue weighted by atomic mass is 10.0. The van der Waals surface area contributed by atoms with Crippen molar-refractivity contribution in [3.05, 3.63) is 159 Å². The second-order valence-electron chi connectivity index (χ2n) is 27.4. The molecule has 3 saturated heterocycles. The molecule has 15 rings (SSSR count). The van der Waals surface area contributed by atoms with Gasteiger partial charge in [0.1, 0.15) is 35.5 Å². The molecule has 0 saturated carbocycles. The number of likely N-dealkylation sites (tertiary alicyclic amines) is 3. The first-order valence-corrected chi connectivity index (χ1v) is 34.9. The van der Waals surface area contributed by atoms with E-state index in [1.165, 1.54) is 0 Å². The Balaban J connectivity index is 0.000000139. The number of carbonyl (C=O) groups excluding carboxylic acids is 3. The lowest BCUT2D eigenvalue weighted by Crippen LogP contribution is -2.31. The molecule has 9 aromatic rings. The van der Waals surface area contributed by atoms with E-state index < -0.39 is 5.97 Å². The lowest BCUT2D eigenvalue weighted by molar-refractivity contribution is -0.138. The second-order valence-corrected chi connectivity index (χ2v) is 27.4. The zero-order valence-electron chi connectivity index (χ0n) is 59.0. The van der Waals surface area contributed by atoms with Crippen LogP contribution in [0.25, 0.3) is 68.5 Å². The normalized spacial score (nSPS) is 18.6. The van der Waals surface area contributed by atoms with Gasteiger partial charge in [-0.05, 0) is 173 Å². The van der Waals surface area contributed by atoms with E-state index in [0.717, 1.165) is 69.3 Å². The maximum atomic E-state index is 12.6. The van der Waals surface area contributed by atoms with Gasteiger partial charge in [-0.1, -0.05) is 70.1 Å². The van der Waals surface area contributed by atoms with Gasteiger partial charge in [-0.15, -0.1) is 0 Å². The van der Waals surface area contributed by atoms with Gasteiger partial charge in [-0.3, -0.25) is 19.2 Å². The summed E-state index contributed by atoms with van der Waals surface area (Å²) in [6.45, 7) is 14.1. The van der Waals surface area contributed by atoms with E-state index in [9.17, 15) is 35.0 Å². The van der Waals surface area contributed by atoms with Crippen LogP contribution in [0.3, 0.4) is 0 Å². The Morgan fingerprint density at radius 1 is 0.481 bits per heavy atom. The fraction of sp³-hybridized carbons (Fsp3) is 0.380. The molecular weight excluding hydrogens is 1320 g/mol. The molecule has 3 amide bonds. The zero-order chi connectivity index (χ0) is 73.0. The number of hydrogen-bond acceptors (Lipinski definition) is 21. The molecule has 0 unspecified atom stereocenters. The van der Waals surface area contributed by atoms with Gasteiger partial charge >= 0.3 is 5.97 Å². The average molecular weight is 1400 g/mol. The number of ether oxygens (including phenoxy) is 5. The summed E-state index contributed by atoms with van der Waals surface area (Å²) in [5, 5.41) is 50.3. The highest BCUT2D eigenvalue weighted by Gasteiger charge is 2.49. The van der Waals surface area contributed by atoms with Crippen LogP contribution in [0.15, 0.2) is 123 Å². The minimum atomic E-state index is -0.857. The van der Waals surface area contributed by atoms with Crippen LogP contribution in [0.1, 0.15) is 142 Å². The molecule has 6 atom stereocenters. The molecule has 3 aromatic heterocycles. The molecule has 25 nitrogen and oxygen atoms in total. The molecule has 0 bridgehead atoms. The molecule has 3 aliphatic carbocycles. The molecule has 6 aliphatic rings. The smallest absolute Gasteiger partial charge is 0.303 e. The van der Waals surface area contributed by atoms with Crippen molar-refractivity contribution in [3.8, 4) is 104 Å². The highest BCUT2D eigenvalue weighted by atomic mass is 16.5. The number of rotatable bonds is 22. The van der Waals surface area contributed by atoms with Crippen LogP contribution in [0, 0.1) is 51.7 Å². The first-order valence-electron chi connectivity index (χ1n) is 34.9. The van der Waals surface area contributed by atoms with Crippen LogP contribution in [-0.2, 0) is 47.9 Å². The van der Waals surface area contributed by atoms with E-state index in [0.29, 0.717) is 144 Å². The average Bonchev–Trinajstić information content (AvgIpc) is 1.60. The Bertz CT molecular complexity index is 4680. The highest BCUT2D eigenvalue weighted by molar-refractivity contribution is 5.84. The van der Waals surface area contributed by atoms with E-state index in [1.807, 2.05) is 111 Å². The van der Waals surface area contributed by atoms with Crippen molar-refractivity contribution in [2.24, 2.45) is 17.8 Å². The molecular formula is C79H78N12O13. The maximum absolute atomic E-state index is 12.6. The van der Waals surface area contributed by atoms with E-state index in [2.05, 4.69) is 60.8 Å². The molecule has 0 spiro atoms. The number of carbonyl (C=O) groups is 4. The van der Waals surface area contributed by atoms with Gasteiger partial charge in [0.2, 0.25) is 35.2 Å². The number of carboxylic acid groups (broad SMARTS) is 1. The zero-order valence-corrected chi connectivity index (χ0v) is 59.0.